The Morgan fingerprint density at radius 3 is 2.21 bits per heavy atom. The normalized spacial score (nSPS) is 12.1. The molecule has 19 heavy (non-hydrogen) atoms. The molecule has 1 unspecified atom stereocenters. The fourth-order valence-electron chi connectivity index (χ4n) is 1.93. The maximum absolute atomic E-state index is 5.52. The summed E-state index contributed by atoms with van der Waals surface area (Å²) < 4.78 is 10.8. The molecule has 110 valence electrons. The summed E-state index contributed by atoms with van der Waals surface area (Å²) in [6, 6.07) is 0. The van der Waals surface area contributed by atoms with Crippen molar-refractivity contribution in [3.63, 3.8) is 0 Å². The Hall–Kier alpha value is -0.780. The van der Waals surface area contributed by atoms with Crippen LogP contribution in [0.1, 0.15) is 65.2 Å². The summed E-state index contributed by atoms with van der Waals surface area (Å²) in [6.45, 7) is 9.27. The first-order valence-corrected chi connectivity index (χ1v) is 7.58. The number of terminal acetylenes is 1. The Kier molecular flexibility index (Phi) is 13.1. The van der Waals surface area contributed by atoms with Gasteiger partial charge in [-0.2, -0.15) is 0 Å². The molecule has 0 rings (SSSR count). The molecule has 0 aliphatic heterocycles. The summed E-state index contributed by atoms with van der Waals surface area (Å²) in [7, 11) is 0. The average Bonchev–Trinajstić information content (AvgIpc) is 2.40. The second-order valence-corrected chi connectivity index (χ2v) is 4.87. The van der Waals surface area contributed by atoms with Gasteiger partial charge >= 0.3 is 0 Å². The largest absolute Gasteiger partial charge is 0.353 e. The monoisotopic (exact) mass is 266 g/mol. The molecular formula is C17H30O2. The third-order valence-corrected chi connectivity index (χ3v) is 3.08. The van der Waals surface area contributed by atoms with E-state index >= 15 is 0 Å². The molecule has 0 fully saturated rings. The highest BCUT2D eigenvalue weighted by molar-refractivity contribution is 5.20. The van der Waals surface area contributed by atoms with Crippen LogP contribution in [0.3, 0.4) is 0 Å². The molecule has 0 heterocycles. The summed E-state index contributed by atoms with van der Waals surface area (Å²) in [5, 5.41) is 0. The highest BCUT2D eigenvalue weighted by Crippen LogP contribution is 2.11. The van der Waals surface area contributed by atoms with Crippen molar-refractivity contribution in [1.29, 1.82) is 0 Å². The first kappa shape index (κ1) is 18.2. The van der Waals surface area contributed by atoms with Crippen LogP contribution in [0.2, 0.25) is 0 Å². The van der Waals surface area contributed by atoms with Crippen molar-refractivity contribution in [2.24, 2.45) is 0 Å². The fraction of sp³-hybridized carbons (Fsp3) is 0.765. The molecule has 2 heteroatoms. The predicted octanol–water partition coefficient (Wildman–Crippen LogP) is 4.70. The minimum absolute atomic E-state index is 0.0609. The highest BCUT2D eigenvalue weighted by Gasteiger charge is 1.99. The number of hydrogen-bond acceptors (Lipinski definition) is 2. The van der Waals surface area contributed by atoms with Crippen LogP contribution in [0.25, 0.3) is 0 Å². The van der Waals surface area contributed by atoms with Gasteiger partial charge in [0.15, 0.2) is 6.29 Å². The zero-order chi connectivity index (χ0) is 14.3. The van der Waals surface area contributed by atoms with Crippen LogP contribution >= 0.6 is 0 Å². The maximum atomic E-state index is 5.52. The lowest BCUT2D eigenvalue weighted by molar-refractivity contribution is -0.127. The number of allylic oxidation sites excluding steroid dienone is 1. The highest BCUT2D eigenvalue weighted by atomic mass is 16.7. The summed E-state index contributed by atoms with van der Waals surface area (Å²) in [5.41, 5.74) is 0.931. The van der Waals surface area contributed by atoms with E-state index in [1.165, 1.54) is 38.5 Å². The maximum Gasteiger partial charge on any atom is 0.154 e. The Balaban J connectivity index is 3.11. The third kappa shape index (κ3) is 13.5. The van der Waals surface area contributed by atoms with Crippen LogP contribution in [0.5, 0.6) is 0 Å². The molecule has 0 saturated carbocycles. The molecule has 0 aromatic rings. The fourth-order valence-corrected chi connectivity index (χ4v) is 1.93. The lowest BCUT2D eigenvalue weighted by atomic mass is 10.1. The first-order chi connectivity index (χ1) is 9.20. The van der Waals surface area contributed by atoms with E-state index in [9.17, 15) is 0 Å². The van der Waals surface area contributed by atoms with E-state index in [1.807, 2.05) is 13.8 Å². The third-order valence-electron chi connectivity index (χ3n) is 3.08. The van der Waals surface area contributed by atoms with Gasteiger partial charge in [-0.1, -0.05) is 44.6 Å². The van der Waals surface area contributed by atoms with Gasteiger partial charge in [-0.3, -0.25) is 0 Å². The van der Waals surface area contributed by atoms with Crippen molar-refractivity contribution in [3.8, 4) is 12.3 Å². The minimum atomic E-state index is -0.0609. The molecule has 2 nitrogen and oxygen atoms in total. The van der Waals surface area contributed by atoms with Crippen LogP contribution < -0.4 is 0 Å². The first-order valence-electron chi connectivity index (χ1n) is 7.58. The molecule has 1 atom stereocenters. The van der Waals surface area contributed by atoms with E-state index in [-0.39, 0.29) is 6.29 Å². The summed E-state index contributed by atoms with van der Waals surface area (Å²) in [4.78, 5) is 0. The smallest absolute Gasteiger partial charge is 0.154 e. The second-order valence-electron chi connectivity index (χ2n) is 4.87. The number of hydrogen-bond donors (Lipinski definition) is 0. The Morgan fingerprint density at radius 2 is 1.63 bits per heavy atom. The van der Waals surface area contributed by atoms with E-state index in [2.05, 4.69) is 12.5 Å². The second kappa shape index (κ2) is 13.6. The predicted molar refractivity (Wildman–Crippen MR) is 81.9 cm³/mol. The number of unbranched alkanes of at least 4 members (excludes halogenated alkanes) is 6. The van der Waals surface area contributed by atoms with Crippen molar-refractivity contribution >= 4 is 0 Å². The molecule has 0 aliphatic rings. The van der Waals surface area contributed by atoms with Gasteiger partial charge in [-0.05, 0) is 38.7 Å². The van der Waals surface area contributed by atoms with E-state index in [4.69, 9.17) is 15.9 Å². The molecule has 0 radical (unpaired) electrons. The lowest BCUT2D eigenvalue weighted by Crippen LogP contribution is -2.13. The van der Waals surface area contributed by atoms with Crippen molar-refractivity contribution in [1.82, 2.24) is 0 Å². The van der Waals surface area contributed by atoms with Gasteiger partial charge in [0.2, 0.25) is 0 Å². The van der Waals surface area contributed by atoms with E-state index in [0.29, 0.717) is 6.61 Å². The SMILES string of the molecule is C#CC(=C)CCCCCCCCCOC(C)OCC. The molecule has 0 N–H and O–H groups in total. The topological polar surface area (TPSA) is 18.5 Å². The molecule has 0 spiro atoms. The quantitative estimate of drug-likeness (QED) is 0.273. The number of ether oxygens (including phenoxy) is 2. The van der Waals surface area contributed by atoms with Crippen LogP contribution in [-0.2, 0) is 9.47 Å². The van der Waals surface area contributed by atoms with Crippen molar-refractivity contribution in [2.45, 2.75) is 71.5 Å². The van der Waals surface area contributed by atoms with Gasteiger partial charge in [0, 0.05) is 13.2 Å². The molecule has 0 saturated heterocycles. The van der Waals surface area contributed by atoms with Gasteiger partial charge in [0.05, 0.1) is 0 Å². The summed E-state index contributed by atoms with van der Waals surface area (Å²) >= 11 is 0. The molecular weight excluding hydrogens is 236 g/mol. The van der Waals surface area contributed by atoms with Gasteiger partial charge in [0.1, 0.15) is 0 Å². The molecule has 0 amide bonds. The molecule has 0 aromatic heterocycles. The van der Waals surface area contributed by atoms with Gasteiger partial charge < -0.3 is 9.47 Å². The summed E-state index contributed by atoms with van der Waals surface area (Å²) in [6.07, 6.45) is 14.9. The summed E-state index contributed by atoms with van der Waals surface area (Å²) in [5.74, 6) is 2.59. The van der Waals surface area contributed by atoms with Gasteiger partial charge in [-0.15, -0.1) is 6.42 Å². The zero-order valence-electron chi connectivity index (χ0n) is 12.7. The Morgan fingerprint density at radius 1 is 1.05 bits per heavy atom. The Bertz CT molecular complexity index is 252. The van der Waals surface area contributed by atoms with Crippen LogP contribution in [0, 0.1) is 12.3 Å². The molecule has 0 aromatic carbocycles. The van der Waals surface area contributed by atoms with Crippen molar-refractivity contribution in [2.75, 3.05) is 13.2 Å². The van der Waals surface area contributed by atoms with Crippen molar-refractivity contribution < 1.29 is 9.47 Å². The standard InChI is InChI=1S/C17H30O2/c1-5-16(3)14-12-10-8-7-9-11-13-15-19-17(4)18-6-2/h1,17H,3,6-15H2,2,4H3. The van der Waals surface area contributed by atoms with E-state index in [1.54, 1.807) is 0 Å². The van der Waals surface area contributed by atoms with Gasteiger partial charge in [0.25, 0.3) is 0 Å². The zero-order valence-corrected chi connectivity index (χ0v) is 12.7. The molecule has 0 aliphatic carbocycles. The Labute approximate surface area is 119 Å². The number of rotatable bonds is 13. The average molecular weight is 266 g/mol. The lowest BCUT2D eigenvalue weighted by Gasteiger charge is -2.12. The van der Waals surface area contributed by atoms with E-state index in [0.717, 1.165) is 25.0 Å². The van der Waals surface area contributed by atoms with Crippen molar-refractivity contribution in [3.05, 3.63) is 12.2 Å². The van der Waals surface area contributed by atoms with Gasteiger partial charge in [-0.25, -0.2) is 0 Å². The van der Waals surface area contributed by atoms with E-state index < -0.39 is 0 Å². The van der Waals surface area contributed by atoms with Crippen LogP contribution in [0.4, 0.5) is 0 Å². The van der Waals surface area contributed by atoms with Crippen LogP contribution in [0.15, 0.2) is 12.2 Å². The minimum Gasteiger partial charge on any atom is -0.353 e. The van der Waals surface area contributed by atoms with Crippen LogP contribution in [-0.4, -0.2) is 19.5 Å². The molecule has 0 bridgehead atoms.